The highest BCUT2D eigenvalue weighted by Gasteiger charge is 2.24. The Hall–Kier alpha value is -0.160. The molecule has 2 rings (SSSR count). The van der Waals surface area contributed by atoms with Gasteiger partial charge in [0.25, 0.3) is 0 Å². The summed E-state index contributed by atoms with van der Waals surface area (Å²) < 4.78 is 5.72. The maximum absolute atomic E-state index is 10.0. The van der Waals surface area contributed by atoms with Gasteiger partial charge in [0.05, 0.1) is 18.3 Å². The topological polar surface area (TPSA) is 44.7 Å². The molecule has 3 unspecified atom stereocenters. The molecule has 4 heteroatoms. The van der Waals surface area contributed by atoms with E-state index in [4.69, 9.17) is 4.74 Å². The van der Waals surface area contributed by atoms with Gasteiger partial charge in [0.1, 0.15) is 0 Å². The van der Waals surface area contributed by atoms with E-state index in [-0.39, 0.29) is 6.10 Å². The molecule has 18 heavy (non-hydrogen) atoms. The van der Waals surface area contributed by atoms with Crippen LogP contribution in [0.4, 0.5) is 0 Å². The molecule has 0 radical (unpaired) electrons. The van der Waals surface area contributed by atoms with Crippen molar-refractivity contribution in [1.29, 1.82) is 0 Å². The first-order valence-corrected chi connectivity index (χ1v) is 7.42. The average molecular weight is 256 g/mol. The van der Waals surface area contributed by atoms with E-state index in [1.54, 1.807) is 0 Å². The fourth-order valence-corrected chi connectivity index (χ4v) is 3.20. The number of rotatable bonds is 5. The van der Waals surface area contributed by atoms with Crippen molar-refractivity contribution in [3.63, 3.8) is 0 Å². The smallest absolute Gasteiger partial charge is 0.0791 e. The quantitative estimate of drug-likeness (QED) is 0.770. The van der Waals surface area contributed by atoms with Crippen molar-refractivity contribution in [1.82, 2.24) is 10.2 Å². The first-order chi connectivity index (χ1) is 8.63. The summed E-state index contributed by atoms with van der Waals surface area (Å²) in [5, 5.41) is 13.5. The third-order valence-corrected chi connectivity index (χ3v) is 4.01. The lowest BCUT2D eigenvalue weighted by Gasteiger charge is -2.33. The Morgan fingerprint density at radius 3 is 2.44 bits per heavy atom. The van der Waals surface area contributed by atoms with Gasteiger partial charge in [0.2, 0.25) is 0 Å². The van der Waals surface area contributed by atoms with Crippen LogP contribution < -0.4 is 5.32 Å². The molecule has 2 aliphatic heterocycles. The zero-order valence-electron chi connectivity index (χ0n) is 11.8. The normalized spacial score (nSPS) is 35.8. The van der Waals surface area contributed by atoms with Gasteiger partial charge in [-0.2, -0.15) is 0 Å². The number of aliphatic hydroxyl groups is 1. The van der Waals surface area contributed by atoms with Gasteiger partial charge >= 0.3 is 0 Å². The van der Waals surface area contributed by atoms with E-state index < -0.39 is 0 Å². The Morgan fingerprint density at radius 2 is 1.83 bits per heavy atom. The van der Waals surface area contributed by atoms with E-state index in [1.165, 1.54) is 12.8 Å². The fourth-order valence-electron chi connectivity index (χ4n) is 3.20. The standard InChI is InChI=1S/C14H28N2O2/c1-11-7-13(8-12(2)18-11)15-9-14(17)10-16-5-3-4-6-16/h11-15,17H,3-10H2,1-2H3. The van der Waals surface area contributed by atoms with Crippen LogP contribution in [0.1, 0.15) is 39.5 Å². The molecular weight excluding hydrogens is 228 g/mol. The molecule has 3 atom stereocenters. The molecule has 0 aliphatic carbocycles. The number of ether oxygens (including phenoxy) is 1. The summed E-state index contributed by atoms with van der Waals surface area (Å²) in [6, 6.07) is 0.497. The zero-order valence-corrected chi connectivity index (χ0v) is 11.8. The molecule has 0 amide bonds. The summed E-state index contributed by atoms with van der Waals surface area (Å²) in [6.45, 7) is 8.10. The first kappa shape index (κ1) is 14.3. The van der Waals surface area contributed by atoms with E-state index >= 15 is 0 Å². The van der Waals surface area contributed by atoms with Crippen LogP contribution in [0.2, 0.25) is 0 Å². The maximum atomic E-state index is 10.0. The van der Waals surface area contributed by atoms with E-state index in [9.17, 15) is 5.11 Å². The molecule has 0 aromatic carbocycles. The molecule has 2 fully saturated rings. The van der Waals surface area contributed by atoms with Crippen LogP contribution in [0.25, 0.3) is 0 Å². The molecule has 106 valence electrons. The van der Waals surface area contributed by atoms with Gasteiger partial charge in [-0.25, -0.2) is 0 Å². The highest BCUT2D eigenvalue weighted by molar-refractivity contribution is 4.80. The number of nitrogens with zero attached hydrogens (tertiary/aromatic N) is 1. The van der Waals surface area contributed by atoms with Gasteiger partial charge in [-0.15, -0.1) is 0 Å². The van der Waals surface area contributed by atoms with Gasteiger partial charge in [-0.1, -0.05) is 0 Å². The van der Waals surface area contributed by atoms with Gasteiger partial charge in [-0.3, -0.25) is 0 Å². The van der Waals surface area contributed by atoms with Gasteiger partial charge < -0.3 is 20.1 Å². The van der Waals surface area contributed by atoms with Crippen molar-refractivity contribution in [2.45, 2.75) is 63.9 Å². The summed E-state index contributed by atoms with van der Waals surface area (Å²) in [5.41, 5.74) is 0. The van der Waals surface area contributed by atoms with Gasteiger partial charge in [-0.05, 0) is 52.6 Å². The van der Waals surface area contributed by atoms with Crippen molar-refractivity contribution in [2.24, 2.45) is 0 Å². The van der Waals surface area contributed by atoms with Gasteiger partial charge in [0.15, 0.2) is 0 Å². The number of aliphatic hydroxyl groups excluding tert-OH is 1. The Labute approximate surface area is 111 Å². The van der Waals surface area contributed by atoms with E-state index in [1.807, 2.05) is 0 Å². The van der Waals surface area contributed by atoms with Crippen LogP contribution in [0.5, 0.6) is 0 Å². The number of β-amino-alcohol motifs (C(OH)–C–C–N with tert-alkyl or cyclic N) is 1. The van der Waals surface area contributed by atoms with Gasteiger partial charge in [0, 0.05) is 19.1 Å². The van der Waals surface area contributed by atoms with Crippen LogP contribution in [-0.2, 0) is 4.74 Å². The second-order valence-corrected chi connectivity index (χ2v) is 6.00. The second kappa shape index (κ2) is 6.85. The van der Waals surface area contributed by atoms with Crippen molar-refractivity contribution in [3.8, 4) is 0 Å². The van der Waals surface area contributed by atoms with Crippen LogP contribution in [0, 0.1) is 0 Å². The molecule has 2 aliphatic rings. The average Bonchev–Trinajstić information content (AvgIpc) is 2.78. The molecule has 0 spiro atoms. The lowest BCUT2D eigenvalue weighted by atomic mass is 10.00. The molecule has 4 nitrogen and oxygen atoms in total. The lowest BCUT2D eigenvalue weighted by molar-refractivity contribution is -0.0435. The summed E-state index contributed by atoms with van der Waals surface area (Å²) in [6.07, 6.45) is 5.12. The number of likely N-dealkylation sites (tertiary alicyclic amines) is 1. The van der Waals surface area contributed by atoms with Crippen LogP contribution in [0.15, 0.2) is 0 Å². The van der Waals surface area contributed by atoms with Crippen LogP contribution >= 0.6 is 0 Å². The Balaban J connectivity index is 1.63. The Kier molecular flexibility index (Phi) is 5.42. The molecule has 0 saturated carbocycles. The number of hydrogen-bond acceptors (Lipinski definition) is 4. The predicted octanol–water partition coefficient (Wildman–Crippen LogP) is 0.989. The van der Waals surface area contributed by atoms with E-state index in [0.717, 1.165) is 32.5 Å². The monoisotopic (exact) mass is 256 g/mol. The van der Waals surface area contributed by atoms with Crippen molar-refractivity contribution < 1.29 is 9.84 Å². The Bertz CT molecular complexity index is 234. The minimum atomic E-state index is -0.239. The highest BCUT2D eigenvalue weighted by Crippen LogP contribution is 2.18. The molecule has 0 aromatic rings. The fraction of sp³-hybridized carbons (Fsp3) is 1.00. The van der Waals surface area contributed by atoms with E-state index in [2.05, 4.69) is 24.1 Å². The molecule has 2 N–H and O–H groups in total. The molecular formula is C14H28N2O2. The maximum Gasteiger partial charge on any atom is 0.0791 e. The third kappa shape index (κ3) is 4.50. The summed E-state index contributed by atoms with van der Waals surface area (Å²) in [4.78, 5) is 2.36. The van der Waals surface area contributed by atoms with Crippen LogP contribution in [-0.4, -0.2) is 60.5 Å². The molecule has 2 saturated heterocycles. The predicted molar refractivity (Wildman–Crippen MR) is 72.7 cm³/mol. The minimum absolute atomic E-state index is 0.239. The lowest BCUT2D eigenvalue weighted by Crippen LogP contribution is -2.45. The van der Waals surface area contributed by atoms with Crippen LogP contribution in [0.3, 0.4) is 0 Å². The highest BCUT2D eigenvalue weighted by atomic mass is 16.5. The molecule has 2 heterocycles. The van der Waals surface area contributed by atoms with Crippen molar-refractivity contribution >= 4 is 0 Å². The second-order valence-electron chi connectivity index (χ2n) is 6.00. The summed E-state index contributed by atoms with van der Waals surface area (Å²) in [7, 11) is 0. The number of hydrogen-bond donors (Lipinski definition) is 2. The largest absolute Gasteiger partial charge is 0.390 e. The molecule has 0 aromatic heterocycles. The zero-order chi connectivity index (χ0) is 13.0. The summed E-state index contributed by atoms with van der Waals surface area (Å²) >= 11 is 0. The van der Waals surface area contributed by atoms with E-state index in [0.29, 0.717) is 24.8 Å². The Morgan fingerprint density at radius 1 is 1.22 bits per heavy atom. The third-order valence-electron chi connectivity index (χ3n) is 4.01. The SMILES string of the molecule is CC1CC(NCC(O)CN2CCCC2)CC(C)O1. The first-order valence-electron chi connectivity index (χ1n) is 7.42. The minimum Gasteiger partial charge on any atom is -0.390 e. The van der Waals surface area contributed by atoms with Crippen molar-refractivity contribution in [2.75, 3.05) is 26.2 Å². The summed E-state index contributed by atoms with van der Waals surface area (Å²) in [5.74, 6) is 0. The van der Waals surface area contributed by atoms with Crippen molar-refractivity contribution in [3.05, 3.63) is 0 Å². The number of nitrogens with one attached hydrogen (secondary N) is 1. The molecule has 0 bridgehead atoms.